The number of methoxy groups -OCH3 is 1. The van der Waals surface area contributed by atoms with Crippen LogP contribution >= 0.6 is 22.9 Å². The fraction of sp³-hybridized carbons (Fsp3) is 0.364. The van der Waals surface area contributed by atoms with Gasteiger partial charge in [0.25, 0.3) is 11.7 Å². The molecular formula is C22H24ClNO5S. The monoisotopic (exact) mass is 449 g/mol. The number of nitrogens with zero attached hydrogens (tertiary/aromatic N) is 1. The summed E-state index contributed by atoms with van der Waals surface area (Å²) >= 11 is 7.77. The number of halogens is 1. The summed E-state index contributed by atoms with van der Waals surface area (Å²) in [6, 6.07) is 6.12. The maximum atomic E-state index is 13.0. The summed E-state index contributed by atoms with van der Waals surface area (Å²) in [5.74, 6) is -1.14. The number of hydrogen-bond acceptors (Lipinski definition) is 6. The number of carbonyl (C=O) groups is 2. The minimum absolute atomic E-state index is 0.0403. The number of carbonyl (C=O) groups excluding carboxylic acids is 2. The molecule has 1 aliphatic rings. The summed E-state index contributed by atoms with van der Waals surface area (Å²) < 4.78 is 10.6. The molecule has 0 spiro atoms. The number of amides is 1. The van der Waals surface area contributed by atoms with Gasteiger partial charge in [0.15, 0.2) is 0 Å². The van der Waals surface area contributed by atoms with Gasteiger partial charge in [0, 0.05) is 30.7 Å². The normalized spacial score (nSPS) is 18.3. The van der Waals surface area contributed by atoms with E-state index < -0.39 is 17.7 Å². The zero-order valence-electron chi connectivity index (χ0n) is 17.1. The molecule has 1 N–H and O–H groups in total. The predicted octanol–water partition coefficient (Wildman–Crippen LogP) is 4.57. The summed E-state index contributed by atoms with van der Waals surface area (Å²) in [5, 5.41) is 13.3. The van der Waals surface area contributed by atoms with E-state index in [9.17, 15) is 14.7 Å². The van der Waals surface area contributed by atoms with Crippen LogP contribution < -0.4 is 4.74 Å². The third-order valence-corrected chi connectivity index (χ3v) is 6.34. The topological polar surface area (TPSA) is 76.1 Å². The summed E-state index contributed by atoms with van der Waals surface area (Å²) in [4.78, 5) is 28.2. The van der Waals surface area contributed by atoms with Crippen LogP contribution in [0.5, 0.6) is 5.75 Å². The van der Waals surface area contributed by atoms with Gasteiger partial charge in [-0.1, -0.05) is 11.6 Å². The lowest BCUT2D eigenvalue weighted by atomic mass is 9.98. The molecule has 1 aromatic carbocycles. The lowest BCUT2D eigenvalue weighted by molar-refractivity contribution is -0.140. The highest BCUT2D eigenvalue weighted by Gasteiger charge is 2.47. The highest BCUT2D eigenvalue weighted by atomic mass is 35.5. The second-order valence-electron chi connectivity index (χ2n) is 6.88. The molecule has 1 aliphatic heterocycles. The minimum atomic E-state index is -0.722. The van der Waals surface area contributed by atoms with Gasteiger partial charge in [-0.3, -0.25) is 9.59 Å². The van der Waals surface area contributed by atoms with E-state index >= 15 is 0 Å². The average Bonchev–Trinajstić information content (AvgIpc) is 3.25. The van der Waals surface area contributed by atoms with Gasteiger partial charge in [0.1, 0.15) is 11.5 Å². The van der Waals surface area contributed by atoms with Crippen molar-refractivity contribution in [2.45, 2.75) is 26.3 Å². The molecule has 1 atom stereocenters. The lowest BCUT2D eigenvalue weighted by Crippen LogP contribution is -2.31. The third kappa shape index (κ3) is 4.24. The van der Waals surface area contributed by atoms with Crippen LogP contribution in [0.2, 0.25) is 5.02 Å². The SMILES string of the molecule is CCOc1ccc(Cl)c(/C(O)=C2\C(=O)C(=O)N(CCCOC)C2c2sccc2C)c1. The van der Waals surface area contributed by atoms with Gasteiger partial charge < -0.3 is 19.5 Å². The second-order valence-corrected chi connectivity index (χ2v) is 8.24. The van der Waals surface area contributed by atoms with Crippen molar-refractivity contribution >= 4 is 40.4 Å². The van der Waals surface area contributed by atoms with E-state index in [1.54, 1.807) is 25.3 Å². The van der Waals surface area contributed by atoms with Crippen molar-refractivity contribution in [2.75, 3.05) is 26.9 Å². The number of rotatable bonds is 8. The molecule has 1 unspecified atom stereocenters. The first-order valence-electron chi connectivity index (χ1n) is 9.64. The van der Waals surface area contributed by atoms with Crippen molar-refractivity contribution < 1.29 is 24.2 Å². The van der Waals surface area contributed by atoms with Gasteiger partial charge in [0.05, 0.1) is 23.2 Å². The van der Waals surface area contributed by atoms with Crippen molar-refractivity contribution in [1.82, 2.24) is 4.90 Å². The van der Waals surface area contributed by atoms with Crippen LogP contribution in [0.15, 0.2) is 35.2 Å². The number of hydrogen-bond donors (Lipinski definition) is 1. The van der Waals surface area contributed by atoms with E-state index in [0.29, 0.717) is 31.9 Å². The Kier molecular flexibility index (Phi) is 7.18. The Labute approximate surface area is 184 Å². The zero-order valence-corrected chi connectivity index (χ0v) is 18.7. The predicted molar refractivity (Wildman–Crippen MR) is 117 cm³/mol. The quantitative estimate of drug-likeness (QED) is 0.276. The molecule has 8 heteroatoms. The van der Waals surface area contributed by atoms with Crippen molar-refractivity contribution in [1.29, 1.82) is 0 Å². The number of aliphatic hydroxyl groups is 1. The van der Waals surface area contributed by atoms with Crippen LogP contribution in [0.25, 0.3) is 5.76 Å². The minimum Gasteiger partial charge on any atom is -0.507 e. The first-order valence-corrected chi connectivity index (χ1v) is 10.9. The molecule has 0 bridgehead atoms. The number of aryl methyl sites for hydroxylation is 1. The number of aliphatic hydroxyl groups excluding tert-OH is 1. The molecule has 0 saturated carbocycles. The number of thiophene rings is 1. The smallest absolute Gasteiger partial charge is 0.295 e. The number of ketones is 1. The lowest BCUT2D eigenvalue weighted by Gasteiger charge is -2.25. The molecule has 1 fully saturated rings. The Hall–Kier alpha value is -2.35. The summed E-state index contributed by atoms with van der Waals surface area (Å²) in [6.07, 6.45) is 0.574. The van der Waals surface area contributed by atoms with Crippen LogP contribution in [0.1, 0.15) is 35.4 Å². The fourth-order valence-corrected chi connectivity index (χ4v) is 4.77. The van der Waals surface area contributed by atoms with Gasteiger partial charge >= 0.3 is 0 Å². The Bertz CT molecular complexity index is 984. The number of Topliss-reactive ketones (excluding diaryl/α,β-unsaturated/α-hetero) is 1. The molecule has 160 valence electrons. The number of benzene rings is 1. The number of ether oxygens (including phenoxy) is 2. The second kappa shape index (κ2) is 9.64. The number of likely N-dealkylation sites (tertiary alicyclic amines) is 1. The van der Waals surface area contributed by atoms with Crippen LogP contribution in [-0.2, 0) is 14.3 Å². The highest BCUT2D eigenvalue weighted by molar-refractivity contribution is 7.10. The van der Waals surface area contributed by atoms with Gasteiger partial charge in [-0.05, 0) is 55.5 Å². The van der Waals surface area contributed by atoms with Gasteiger partial charge in [0.2, 0.25) is 0 Å². The van der Waals surface area contributed by atoms with Crippen LogP contribution in [-0.4, -0.2) is 48.6 Å². The van der Waals surface area contributed by atoms with E-state index in [4.69, 9.17) is 21.1 Å². The molecule has 1 amide bonds. The van der Waals surface area contributed by atoms with Gasteiger partial charge in [-0.25, -0.2) is 0 Å². The molecule has 2 aromatic rings. The molecule has 0 radical (unpaired) electrons. The fourth-order valence-electron chi connectivity index (χ4n) is 3.51. The van der Waals surface area contributed by atoms with Gasteiger partial charge in [-0.2, -0.15) is 0 Å². The van der Waals surface area contributed by atoms with Crippen LogP contribution in [0.3, 0.4) is 0 Å². The van der Waals surface area contributed by atoms with Crippen molar-refractivity contribution in [3.63, 3.8) is 0 Å². The molecule has 3 rings (SSSR count). The van der Waals surface area contributed by atoms with E-state index in [1.807, 2.05) is 25.3 Å². The van der Waals surface area contributed by atoms with Crippen molar-refractivity contribution in [2.24, 2.45) is 0 Å². The first-order chi connectivity index (χ1) is 14.4. The average molecular weight is 450 g/mol. The highest BCUT2D eigenvalue weighted by Crippen LogP contribution is 2.43. The maximum Gasteiger partial charge on any atom is 0.295 e. The summed E-state index contributed by atoms with van der Waals surface area (Å²) in [7, 11) is 1.59. The largest absolute Gasteiger partial charge is 0.507 e. The van der Waals surface area contributed by atoms with E-state index in [-0.39, 0.29) is 21.9 Å². The zero-order chi connectivity index (χ0) is 21.8. The molecule has 6 nitrogen and oxygen atoms in total. The Balaban J connectivity index is 2.15. The molecule has 1 saturated heterocycles. The van der Waals surface area contributed by atoms with E-state index in [1.165, 1.54) is 16.2 Å². The molecule has 0 aliphatic carbocycles. The van der Waals surface area contributed by atoms with E-state index in [0.717, 1.165) is 10.4 Å². The molecule has 1 aromatic heterocycles. The van der Waals surface area contributed by atoms with Crippen LogP contribution in [0.4, 0.5) is 0 Å². The standard InChI is InChI=1S/C22H24ClNO5S/c1-4-29-14-6-7-16(23)15(12-14)19(25)17-18(21-13(2)8-11-30-21)24(9-5-10-28-3)22(27)20(17)26/h6-8,11-12,18,25H,4-5,9-10H2,1-3H3/b19-17+. The van der Waals surface area contributed by atoms with Gasteiger partial charge in [-0.15, -0.1) is 11.3 Å². The third-order valence-electron chi connectivity index (χ3n) is 4.94. The summed E-state index contributed by atoms with van der Waals surface area (Å²) in [5.41, 5.74) is 1.25. The Morgan fingerprint density at radius 1 is 1.30 bits per heavy atom. The molecule has 2 heterocycles. The van der Waals surface area contributed by atoms with Crippen molar-refractivity contribution in [3.05, 3.63) is 56.2 Å². The summed E-state index contributed by atoms with van der Waals surface area (Å²) in [6.45, 7) is 5.01. The Morgan fingerprint density at radius 3 is 2.70 bits per heavy atom. The molecular weight excluding hydrogens is 426 g/mol. The van der Waals surface area contributed by atoms with Crippen LogP contribution in [0, 0.1) is 6.92 Å². The maximum absolute atomic E-state index is 13.0. The Morgan fingerprint density at radius 2 is 2.07 bits per heavy atom. The van der Waals surface area contributed by atoms with E-state index in [2.05, 4.69) is 0 Å². The molecule has 30 heavy (non-hydrogen) atoms. The van der Waals surface area contributed by atoms with Crippen molar-refractivity contribution in [3.8, 4) is 5.75 Å². The first kappa shape index (κ1) is 22.3.